The van der Waals surface area contributed by atoms with Crippen molar-refractivity contribution < 1.29 is 4.79 Å². The monoisotopic (exact) mass is 463 g/mol. The third-order valence-corrected chi connectivity index (χ3v) is 5.86. The van der Waals surface area contributed by atoms with Crippen LogP contribution in [0.5, 0.6) is 0 Å². The highest BCUT2D eigenvalue weighted by molar-refractivity contribution is 8.00. The van der Waals surface area contributed by atoms with Gasteiger partial charge >= 0.3 is 0 Å². The van der Waals surface area contributed by atoms with E-state index in [2.05, 4.69) is 32.6 Å². The molecule has 1 aromatic heterocycles. The van der Waals surface area contributed by atoms with Gasteiger partial charge in [0, 0.05) is 32.0 Å². The number of para-hydroxylation sites is 1. The number of nitrogens with one attached hydrogen (secondary N) is 2. The molecule has 0 fully saturated rings. The van der Waals surface area contributed by atoms with E-state index in [0.29, 0.717) is 18.2 Å². The number of amides is 1. The zero-order valence-corrected chi connectivity index (χ0v) is 19.9. The highest BCUT2D eigenvalue weighted by Crippen LogP contribution is 2.23. The van der Waals surface area contributed by atoms with Crippen molar-refractivity contribution in [2.75, 3.05) is 24.3 Å². The summed E-state index contributed by atoms with van der Waals surface area (Å²) >= 11 is 1.33. The summed E-state index contributed by atoms with van der Waals surface area (Å²) in [6.07, 6.45) is 3.42. The highest BCUT2D eigenvalue weighted by Gasteiger charge is 2.19. The van der Waals surface area contributed by atoms with Crippen LogP contribution in [0.3, 0.4) is 0 Å². The molecule has 0 radical (unpaired) electrons. The van der Waals surface area contributed by atoms with E-state index >= 15 is 0 Å². The standard InChI is InChI=1S/C24H29N7OS/c1-5-15-31-22(17-25-20-9-7-6-8-10-20)27-29-24(31)33-18(2)23(32)28-26-16-19-11-13-21(14-12-19)30(3)4/h5-14,16,18,25H,1,15,17H2,2-4H3,(H,28,32)/b26-16-/t18-/m1/s1. The van der Waals surface area contributed by atoms with Crippen LogP contribution in [-0.2, 0) is 17.9 Å². The molecule has 0 spiro atoms. The van der Waals surface area contributed by atoms with E-state index in [-0.39, 0.29) is 5.91 Å². The number of nitrogens with zero attached hydrogens (tertiary/aromatic N) is 5. The van der Waals surface area contributed by atoms with Crippen molar-refractivity contribution in [3.8, 4) is 0 Å². The van der Waals surface area contributed by atoms with E-state index in [1.165, 1.54) is 11.8 Å². The molecule has 0 saturated carbocycles. The minimum absolute atomic E-state index is 0.210. The van der Waals surface area contributed by atoms with E-state index in [9.17, 15) is 4.79 Å². The van der Waals surface area contributed by atoms with E-state index in [1.54, 1.807) is 12.3 Å². The zero-order valence-electron chi connectivity index (χ0n) is 19.1. The summed E-state index contributed by atoms with van der Waals surface area (Å²) in [6.45, 7) is 6.71. The van der Waals surface area contributed by atoms with Gasteiger partial charge in [0.15, 0.2) is 11.0 Å². The Balaban J connectivity index is 1.57. The number of anilines is 2. The molecule has 33 heavy (non-hydrogen) atoms. The average Bonchev–Trinajstić information content (AvgIpc) is 3.20. The predicted molar refractivity (Wildman–Crippen MR) is 136 cm³/mol. The molecule has 0 bridgehead atoms. The Morgan fingerprint density at radius 2 is 1.91 bits per heavy atom. The molecule has 3 aromatic rings. The number of aromatic nitrogens is 3. The van der Waals surface area contributed by atoms with Crippen LogP contribution in [0.25, 0.3) is 0 Å². The van der Waals surface area contributed by atoms with Crippen LogP contribution < -0.4 is 15.6 Å². The molecule has 0 aliphatic carbocycles. The van der Waals surface area contributed by atoms with Crippen molar-refractivity contribution in [3.63, 3.8) is 0 Å². The Hall–Kier alpha value is -3.59. The van der Waals surface area contributed by atoms with Crippen molar-refractivity contribution in [1.82, 2.24) is 20.2 Å². The van der Waals surface area contributed by atoms with Gasteiger partial charge in [-0.3, -0.25) is 4.79 Å². The van der Waals surface area contributed by atoms with Gasteiger partial charge in [0.05, 0.1) is 18.0 Å². The number of carbonyl (C=O) groups excluding carboxylic acids is 1. The van der Waals surface area contributed by atoms with Crippen LogP contribution in [0.4, 0.5) is 11.4 Å². The van der Waals surface area contributed by atoms with Crippen molar-refractivity contribution in [2.24, 2.45) is 5.10 Å². The molecule has 2 aromatic carbocycles. The van der Waals surface area contributed by atoms with Crippen molar-refractivity contribution in [3.05, 3.63) is 78.6 Å². The van der Waals surface area contributed by atoms with Crippen molar-refractivity contribution in [2.45, 2.75) is 30.4 Å². The van der Waals surface area contributed by atoms with Crippen LogP contribution in [0.2, 0.25) is 0 Å². The Morgan fingerprint density at radius 1 is 1.18 bits per heavy atom. The third-order valence-electron chi connectivity index (χ3n) is 4.78. The second-order valence-corrected chi connectivity index (χ2v) is 8.81. The molecule has 172 valence electrons. The van der Waals surface area contributed by atoms with Gasteiger partial charge in [-0.15, -0.1) is 16.8 Å². The Kier molecular flexibility index (Phi) is 8.65. The van der Waals surface area contributed by atoms with Crippen molar-refractivity contribution in [1.29, 1.82) is 0 Å². The number of thioether (sulfide) groups is 1. The summed E-state index contributed by atoms with van der Waals surface area (Å²) in [5.74, 6) is 0.561. The zero-order chi connectivity index (χ0) is 23.6. The topological polar surface area (TPSA) is 87.4 Å². The summed E-state index contributed by atoms with van der Waals surface area (Å²) in [7, 11) is 3.97. The fourth-order valence-electron chi connectivity index (χ4n) is 2.92. The van der Waals surface area contributed by atoms with E-state index in [0.717, 1.165) is 22.8 Å². The molecular formula is C24H29N7OS. The lowest BCUT2D eigenvalue weighted by Gasteiger charge is -2.12. The Bertz CT molecular complexity index is 1080. The van der Waals surface area contributed by atoms with E-state index in [1.807, 2.05) is 85.1 Å². The molecule has 3 rings (SSSR count). The number of hydrogen-bond donors (Lipinski definition) is 2. The average molecular weight is 464 g/mol. The fourth-order valence-corrected chi connectivity index (χ4v) is 3.79. The van der Waals surface area contributed by atoms with Gasteiger partial charge in [0.2, 0.25) is 0 Å². The number of hydrazone groups is 1. The van der Waals surface area contributed by atoms with Crippen LogP contribution in [-0.4, -0.2) is 46.2 Å². The summed E-state index contributed by atoms with van der Waals surface area (Å²) < 4.78 is 1.95. The highest BCUT2D eigenvalue weighted by atomic mass is 32.2. The lowest BCUT2D eigenvalue weighted by atomic mass is 10.2. The summed E-state index contributed by atoms with van der Waals surface area (Å²) in [4.78, 5) is 14.5. The van der Waals surface area contributed by atoms with Gasteiger partial charge in [-0.05, 0) is 36.8 Å². The van der Waals surface area contributed by atoms with Gasteiger partial charge in [0.1, 0.15) is 0 Å². The van der Waals surface area contributed by atoms with Gasteiger partial charge in [0.25, 0.3) is 5.91 Å². The third kappa shape index (κ3) is 6.95. The molecule has 2 N–H and O–H groups in total. The molecule has 8 nitrogen and oxygen atoms in total. The fraction of sp³-hybridized carbons (Fsp3) is 0.250. The quantitative estimate of drug-likeness (QED) is 0.195. The first kappa shape index (κ1) is 24.1. The van der Waals surface area contributed by atoms with Gasteiger partial charge < -0.3 is 14.8 Å². The normalized spacial score (nSPS) is 11.8. The van der Waals surface area contributed by atoms with Gasteiger partial charge in [-0.25, -0.2) is 5.43 Å². The Labute approximate surface area is 198 Å². The maximum Gasteiger partial charge on any atom is 0.253 e. The molecule has 1 amide bonds. The molecule has 9 heteroatoms. The van der Waals surface area contributed by atoms with Gasteiger partial charge in [-0.2, -0.15) is 5.10 Å². The number of carbonyl (C=O) groups is 1. The minimum Gasteiger partial charge on any atom is -0.378 e. The van der Waals surface area contributed by atoms with Crippen LogP contribution in [0, 0.1) is 0 Å². The molecule has 0 aliphatic rings. The predicted octanol–water partition coefficient (Wildman–Crippen LogP) is 3.77. The largest absolute Gasteiger partial charge is 0.378 e. The summed E-state index contributed by atoms with van der Waals surface area (Å²) in [5, 5.41) is 16.3. The van der Waals surface area contributed by atoms with Crippen LogP contribution >= 0.6 is 11.8 Å². The first-order valence-corrected chi connectivity index (χ1v) is 11.4. The smallest absolute Gasteiger partial charge is 0.253 e. The van der Waals surface area contributed by atoms with Gasteiger partial charge in [-0.1, -0.05) is 48.2 Å². The van der Waals surface area contributed by atoms with Crippen LogP contribution in [0.1, 0.15) is 18.3 Å². The number of allylic oxidation sites excluding steroid dienone is 1. The second-order valence-electron chi connectivity index (χ2n) is 7.50. The Morgan fingerprint density at radius 3 is 2.58 bits per heavy atom. The first-order chi connectivity index (χ1) is 16.0. The maximum atomic E-state index is 12.5. The maximum absolute atomic E-state index is 12.5. The molecular weight excluding hydrogens is 434 g/mol. The van der Waals surface area contributed by atoms with E-state index < -0.39 is 5.25 Å². The number of hydrogen-bond acceptors (Lipinski definition) is 7. The number of rotatable bonds is 11. The number of benzene rings is 2. The molecule has 1 atom stereocenters. The lowest BCUT2D eigenvalue weighted by Crippen LogP contribution is -2.27. The van der Waals surface area contributed by atoms with E-state index in [4.69, 9.17) is 0 Å². The SMILES string of the molecule is C=CCn1c(CNc2ccccc2)nnc1S[C@H](C)C(=O)N/N=C\c1ccc(N(C)C)cc1. The second kappa shape index (κ2) is 11.9. The first-order valence-electron chi connectivity index (χ1n) is 10.6. The minimum atomic E-state index is -0.402. The summed E-state index contributed by atoms with van der Waals surface area (Å²) in [5.41, 5.74) is 5.61. The molecule has 0 saturated heterocycles. The molecule has 0 unspecified atom stereocenters. The van der Waals surface area contributed by atoms with Crippen molar-refractivity contribution >= 4 is 35.3 Å². The summed E-state index contributed by atoms with van der Waals surface area (Å²) in [6, 6.07) is 17.8. The molecule has 1 heterocycles. The molecule has 0 aliphatic heterocycles. The van der Waals surface area contributed by atoms with Crippen LogP contribution in [0.15, 0.2) is 77.5 Å². The lowest BCUT2D eigenvalue weighted by molar-refractivity contribution is -0.120.